The van der Waals surface area contributed by atoms with Crippen molar-refractivity contribution < 1.29 is 9.53 Å². The SMILES string of the molecule is CCOC1CC(NC(=O)Cc2cccs2)C12CCC2. The average molecular weight is 279 g/mol. The first-order valence-corrected chi connectivity index (χ1v) is 8.06. The van der Waals surface area contributed by atoms with E-state index in [1.807, 2.05) is 17.5 Å². The van der Waals surface area contributed by atoms with Crippen molar-refractivity contribution in [2.45, 2.75) is 51.2 Å². The topological polar surface area (TPSA) is 38.3 Å². The number of nitrogens with one attached hydrogen (secondary N) is 1. The molecule has 19 heavy (non-hydrogen) atoms. The van der Waals surface area contributed by atoms with E-state index in [0.29, 0.717) is 18.6 Å². The second kappa shape index (κ2) is 5.25. The van der Waals surface area contributed by atoms with Crippen molar-refractivity contribution in [1.82, 2.24) is 5.32 Å². The van der Waals surface area contributed by atoms with Gasteiger partial charge in [-0.25, -0.2) is 0 Å². The first kappa shape index (κ1) is 13.1. The maximum Gasteiger partial charge on any atom is 0.225 e. The third-order valence-electron chi connectivity index (χ3n) is 4.69. The van der Waals surface area contributed by atoms with Crippen molar-refractivity contribution >= 4 is 17.2 Å². The van der Waals surface area contributed by atoms with Gasteiger partial charge in [-0.15, -0.1) is 11.3 Å². The third kappa shape index (κ3) is 2.32. The molecule has 3 rings (SSSR count). The molecule has 1 amide bonds. The van der Waals surface area contributed by atoms with Gasteiger partial charge in [0.25, 0.3) is 0 Å². The molecule has 1 heterocycles. The average Bonchev–Trinajstić information content (AvgIpc) is 2.78. The van der Waals surface area contributed by atoms with Gasteiger partial charge in [0, 0.05) is 22.9 Å². The number of carbonyl (C=O) groups is 1. The van der Waals surface area contributed by atoms with E-state index in [9.17, 15) is 4.79 Å². The van der Waals surface area contributed by atoms with Crippen LogP contribution in [0, 0.1) is 5.41 Å². The fourth-order valence-electron chi connectivity index (χ4n) is 3.46. The Labute approximate surface area is 118 Å². The minimum absolute atomic E-state index is 0.161. The number of ether oxygens (including phenoxy) is 1. The van der Waals surface area contributed by atoms with E-state index in [0.717, 1.165) is 17.9 Å². The van der Waals surface area contributed by atoms with Crippen LogP contribution in [-0.4, -0.2) is 24.7 Å². The van der Waals surface area contributed by atoms with Gasteiger partial charge in [-0.3, -0.25) is 4.79 Å². The molecule has 1 N–H and O–H groups in total. The summed E-state index contributed by atoms with van der Waals surface area (Å²) in [7, 11) is 0. The zero-order valence-electron chi connectivity index (χ0n) is 11.4. The number of carbonyl (C=O) groups excluding carboxylic acids is 1. The molecule has 2 saturated carbocycles. The van der Waals surface area contributed by atoms with Gasteiger partial charge in [0.05, 0.1) is 12.5 Å². The van der Waals surface area contributed by atoms with Gasteiger partial charge in [0.15, 0.2) is 0 Å². The molecule has 1 aromatic heterocycles. The molecule has 3 nitrogen and oxygen atoms in total. The lowest BCUT2D eigenvalue weighted by Gasteiger charge is -2.61. The van der Waals surface area contributed by atoms with E-state index in [-0.39, 0.29) is 11.3 Å². The molecule has 2 atom stereocenters. The summed E-state index contributed by atoms with van der Waals surface area (Å²) in [6.45, 7) is 2.83. The summed E-state index contributed by atoms with van der Waals surface area (Å²) in [6.07, 6.45) is 5.58. The standard InChI is InChI=1S/C15H21NO2S/c1-2-18-13-10-12(15(13)6-4-7-15)16-14(17)9-11-5-3-8-19-11/h3,5,8,12-13H,2,4,6-7,9-10H2,1H3,(H,16,17). The normalized spacial score (nSPS) is 27.6. The highest BCUT2D eigenvalue weighted by atomic mass is 32.1. The van der Waals surface area contributed by atoms with Crippen LogP contribution in [0.1, 0.15) is 37.5 Å². The fourth-order valence-corrected chi connectivity index (χ4v) is 4.16. The van der Waals surface area contributed by atoms with Crippen molar-refractivity contribution in [1.29, 1.82) is 0 Å². The van der Waals surface area contributed by atoms with Crippen LogP contribution >= 0.6 is 11.3 Å². The molecule has 0 saturated heterocycles. The highest BCUT2D eigenvalue weighted by Gasteiger charge is 2.59. The molecular weight excluding hydrogens is 258 g/mol. The van der Waals surface area contributed by atoms with Gasteiger partial charge < -0.3 is 10.1 Å². The molecule has 0 bridgehead atoms. The van der Waals surface area contributed by atoms with Crippen LogP contribution < -0.4 is 5.32 Å². The molecule has 1 aromatic rings. The van der Waals surface area contributed by atoms with Gasteiger partial charge in [0.1, 0.15) is 0 Å². The Morgan fingerprint density at radius 3 is 3.00 bits per heavy atom. The minimum Gasteiger partial charge on any atom is -0.378 e. The third-order valence-corrected chi connectivity index (χ3v) is 5.56. The zero-order chi connectivity index (χ0) is 13.3. The summed E-state index contributed by atoms with van der Waals surface area (Å²) < 4.78 is 5.80. The quantitative estimate of drug-likeness (QED) is 0.900. The summed E-state index contributed by atoms with van der Waals surface area (Å²) in [4.78, 5) is 13.2. The molecule has 2 unspecified atom stereocenters. The fraction of sp³-hybridized carbons (Fsp3) is 0.667. The van der Waals surface area contributed by atoms with Crippen molar-refractivity contribution in [3.63, 3.8) is 0 Å². The van der Waals surface area contributed by atoms with Crippen molar-refractivity contribution in [3.05, 3.63) is 22.4 Å². The van der Waals surface area contributed by atoms with Crippen LogP contribution in [0.5, 0.6) is 0 Å². The zero-order valence-corrected chi connectivity index (χ0v) is 12.2. The highest BCUT2D eigenvalue weighted by molar-refractivity contribution is 7.10. The van der Waals surface area contributed by atoms with Crippen LogP contribution in [0.25, 0.3) is 0 Å². The molecule has 1 spiro atoms. The minimum atomic E-state index is 0.161. The van der Waals surface area contributed by atoms with Gasteiger partial charge in [0.2, 0.25) is 5.91 Å². The van der Waals surface area contributed by atoms with Gasteiger partial charge in [-0.2, -0.15) is 0 Å². The Kier molecular flexibility index (Phi) is 3.63. The summed E-state index contributed by atoms with van der Waals surface area (Å²) in [5.74, 6) is 0.161. The molecule has 0 radical (unpaired) electrons. The van der Waals surface area contributed by atoms with Gasteiger partial charge >= 0.3 is 0 Å². The molecule has 104 valence electrons. The summed E-state index contributed by atoms with van der Waals surface area (Å²) in [5, 5.41) is 5.24. The largest absolute Gasteiger partial charge is 0.378 e. The molecule has 2 aliphatic rings. The first-order chi connectivity index (χ1) is 9.24. The van der Waals surface area contributed by atoms with Crippen LogP contribution in [0.15, 0.2) is 17.5 Å². The Balaban J connectivity index is 1.54. The molecule has 4 heteroatoms. The Morgan fingerprint density at radius 2 is 2.42 bits per heavy atom. The number of amides is 1. The number of rotatable bonds is 5. The number of hydrogen-bond donors (Lipinski definition) is 1. The Morgan fingerprint density at radius 1 is 1.58 bits per heavy atom. The van der Waals surface area contributed by atoms with Crippen molar-refractivity contribution in [3.8, 4) is 0 Å². The highest BCUT2D eigenvalue weighted by Crippen LogP contribution is 2.57. The van der Waals surface area contributed by atoms with Crippen LogP contribution in [0.4, 0.5) is 0 Å². The lowest BCUT2D eigenvalue weighted by molar-refractivity contribution is -0.175. The summed E-state index contributed by atoms with van der Waals surface area (Å²) in [6, 6.07) is 4.35. The number of hydrogen-bond acceptors (Lipinski definition) is 3. The van der Waals surface area contributed by atoms with E-state index < -0.39 is 0 Å². The maximum absolute atomic E-state index is 12.1. The monoisotopic (exact) mass is 279 g/mol. The van der Waals surface area contributed by atoms with Gasteiger partial charge in [-0.05, 0) is 37.6 Å². The van der Waals surface area contributed by atoms with Crippen molar-refractivity contribution in [2.75, 3.05) is 6.61 Å². The van der Waals surface area contributed by atoms with Crippen LogP contribution in [-0.2, 0) is 16.0 Å². The molecule has 2 fully saturated rings. The molecule has 0 aromatic carbocycles. The van der Waals surface area contributed by atoms with E-state index in [4.69, 9.17) is 4.74 Å². The Bertz CT molecular complexity index is 439. The summed E-state index contributed by atoms with van der Waals surface area (Å²) >= 11 is 1.65. The van der Waals surface area contributed by atoms with E-state index >= 15 is 0 Å². The van der Waals surface area contributed by atoms with Gasteiger partial charge in [-0.1, -0.05) is 12.5 Å². The predicted octanol–water partition coefficient (Wildman–Crippen LogP) is 2.75. The lowest BCUT2D eigenvalue weighted by Crippen LogP contribution is -2.67. The Hall–Kier alpha value is -0.870. The number of thiophene rings is 1. The predicted molar refractivity (Wildman–Crippen MR) is 76.3 cm³/mol. The van der Waals surface area contributed by atoms with Crippen LogP contribution in [0.2, 0.25) is 0 Å². The van der Waals surface area contributed by atoms with E-state index in [2.05, 4.69) is 12.2 Å². The second-order valence-corrected chi connectivity index (χ2v) is 6.67. The lowest BCUT2D eigenvalue weighted by atomic mass is 9.51. The summed E-state index contributed by atoms with van der Waals surface area (Å²) in [5.41, 5.74) is 0.265. The van der Waals surface area contributed by atoms with E-state index in [1.54, 1.807) is 11.3 Å². The molecule has 2 aliphatic carbocycles. The smallest absolute Gasteiger partial charge is 0.225 e. The molecular formula is C15H21NO2S. The maximum atomic E-state index is 12.1. The van der Waals surface area contributed by atoms with E-state index in [1.165, 1.54) is 19.3 Å². The van der Waals surface area contributed by atoms with Crippen molar-refractivity contribution in [2.24, 2.45) is 5.41 Å². The second-order valence-electron chi connectivity index (χ2n) is 5.64. The molecule has 0 aliphatic heterocycles. The first-order valence-electron chi connectivity index (χ1n) is 7.18. The van der Waals surface area contributed by atoms with Crippen LogP contribution in [0.3, 0.4) is 0 Å².